The van der Waals surface area contributed by atoms with Crippen molar-refractivity contribution in [2.45, 2.75) is 64.9 Å². The van der Waals surface area contributed by atoms with Crippen LogP contribution in [0.2, 0.25) is 0 Å². The van der Waals surface area contributed by atoms with E-state index in [1.807, 2.05) is 0 Å². The SMILES string of the molecule is COc1cc(OC)cc(C(C)(C)OC(=O)N[C@H](C(=O)[O-])[C@H](C)OC(C)(C)C)c1. The maximum absolute atomic E-state index is 12.4. The number of alkyl carbamates (subject to hydrolysis) is 1. The van der Waals surface area contributed by atoms with Gasteiger partial charge in [-0.25, -0.2) is 4.79 Å². The molecule has 1 aromatic carbocycles. The van der Waals surface area contributed by atoms with Crippen LogP contribution < -0.4 is 19.9 Å². The molecule has 1 rings (SSSR count). The van der Waals surface area contributed by atoms with Crippen molar-refractivity contribution in [3.8, 4) is 11.5 Å². The molecule has 0 aliphatic heterocycles. The summed E-state index contributed by atoms with van der Waals surface area (Å²) in [5, 5.41) is 13.8. The van der Waals surface area contributed by atoms with Crippen LogP contribution >= 0.6 is 0 Å². The highest BCUT2D eigenvalue weighted by molar-refractivity contribution is 5.79. The molecule has 0 fully saturated rings. The first kappa shape index (κ1) is 23.6. The summed E-state index contributed by atoms with van der Waals surface area (Å²) in [5.74, 6) is -0.396. The van der Waals surface area contributed by atoms with E-state index in [2.05, 4.69) is 5.32 Å². The van der Waals surface area contributed by atoms with Gasteiger partial charge in [0.05, 0.1) is 37.9 Å². The van der Waals surface area contributed by atoms with E-state index in [0.717, 1.165) is 0 Å². The highest BCUT2D eigenvalue weighted by Gasteiger charge is 2.31. The lowest BCUT2D eigenvalue weighted by Gasteiger charge is -2.33. The maximum atomic E-state index is 12.4. The number of hydrogen-bond acceptors (Lipinski definition) is 7. The number of aliphatic carboxylic acids is 1. The standard InChI is InChI=1S/C20H31NO7/c1-12(27-19(2,3)4)16(17(22)23)21-18(24)28-20(5,6)13-9-14(25-7)11-15(10-13)26-8/h9-12,16H,1-8H3,(H,21,24)(H,22,23)/p-1/t12-,16-/m0/s1. The summed E-state index contributed by atoms with van der Waals surface area (Å²) in [5.41, 5.74) is -1.06. The predicted molar refractivity (Wildman–Crippen MR) is 101 cm³/mol. The normalized spacial score (nSPS) is 14.0. The molecular formula is C20H30NO7-. The second-order valence-electron chi connectivity index (χ2n) is 7.88. The smallest absolute Gasteiger partial charge is 0.408 e. The number of methoxy groups -OCH3 is 2. The first-order valence-corrected chi connectivity index (χ1v) is 8.91. The molecule has 158 valence electrons. The minimum absolute atomic E-state index is 0.534. The molecule has 28 heavy (non-hydrogen) atoms. The number of rotatable bonds is 8. The minimum Gasteiger partial charge on any atom is -0.548 e. The van der Waals surface area contributed by atoms with Crippen molar-refractivity contribution in [3.63, 3.8) is 0 Å². The fourth-order valence-corrected chi connectivity index (χ4v) is 2.60. The van der Waals surface area contributed by atoms with Gasteiger partial charge in [0.25, 0.3) is 0 Å². The molecule has 8 heteroatoms. The van der Waals surface area contributed by atoms with Gasteiger partial charge in [-0.3, -0.25) is 0 Å². The third kappa shape index (κ3) is 6.92. The molecule has 0 bridgehead atoms. The Morgan fingerprint density at radius 2 is 1.50 bits per heavy atom. The Labute approximate surface area is 166 Å². The monoisotopic (exact) mass is 396 g/mol. The van der Waals surface area contributed by atoms with Crippen LogP contribution in [0.15, 0.2) is 18.2 Å². The van der Waals surface area contributed by atoms with Gasteiger partial charge in [0, 0.05) is 11.6 Å². The van der Waals surface area contributed by atoms with E-state index in [4.69, 9.17) is 18.9 Å². The van der Waals surface area contributed by atoms with Crippen molar-refractivity contribution < 1.29 is 33.6 Å². The van der Waals surface area contributed by atoms with Crippen LogP contribution in [-0.4, -0.2) is 44.0 Å². The summed E-state index contributed by atoms with van der Waals surface area (Å²) in [6.45, 7) is 10.2. The number of carboxylic acids is 1. The Bertz CT molecular complexity index is 672. The topological polar surface area (TPSA) is 106 Å². The van der Waals surface area contributed by atoms with Crippen LogP contribution in [0.1, 0.15) is 47.1 Å². The van der Waals surface area contributed by atoms with Gasteiger partial charge in [-0.2, -0.15) is 0 Å². The summed E-state index contributed by atoms with van der Waals surface area (Å²) in [7, 11) is 3.03. The fourth-order valence-electron chi connectivity index (χ4n) is 2.60. The van der Waals surface area contributed by atoms with Crippen LogP contribution in [0.4, 0.5) is 4.79 Å². The van der Waals surface area contributed by atoms with Gasteiger partial charge in [-0.05, 0) is 53.7 Å². The summed E-state index contributed by atoms with van der Waals surface area (Å²) in [4.78, 5) is 23.9. The predicted octanol–water partition coefficient (Wildman–Crippen LogP) is 1.99. The number of hydrogen-bond donors (Lipinski definition) is 1. The number of carboxylic acid groups (broad SMARTS) is 1. The van der Waals surface area contributed by atoms with E-state index in [9.17, 15) is 14.7 Å². The molecule has 1 aromatic rings. The lowest BCUT2D eigenvalue weighted by atomic mass is 9.97. The van der Waals surface area contributed by atoms with Crippen molar-refractivity contribution in [3.05, 3.63) is 23.8 Å². The molecule has 1 N–H and O–H groups in total. The Morgan fingerprint density at radius 3 is 1.89 bits per heavy atom. The number of benzene rings is 1. The fraction of sp³-hybridized carbons (Fsp3) is 0.600. The third-order valence-electron chi connectivity index (χ3n) is 3.93. The molecule has 0 saturated heterocycles. The average Bonchev–Trinajstić information content (AvgIpc) is 2.56. The molecule has 0 aromatic heterocycles. The Kier molecular flexibility index (Phi) is 7.69. The summed E-state index contributed by atoms with van der Waals surface area (Å²) in [6.07, 6.45) is -1.73. The van der Waals surface area contributed by atoms with Gasteiger partial charge >= 0.3 is 6.09 Å². The van der Waals surface area contributed by atoms with Crippen LogP contribution in [-0.2, 0) is 19.9 Å². The van der Waals surface area contributed by atoms with E-state index >= 15 is 0 Å². The zero-order valence-corrected chi connectivity index (χ0v) is 17.7. The van der Waals surface area contributed by atoms with E-state index in [-0.39, 0.29) is 0 Å². The lowest BCUT2D eigenvalue weighted by Crippen LogP contribution is -2.56. The zero-order chi connectivity index (χ0) is 21.7. The van der Waals surface area contributed by atoms with E-state index in [0.29, 0.717) is 17.1 Å². The molecule has 0 saturated carbocycles. The van der Waals surface area contributed by atoms with Crippen molar-refractivity contribution in [2.75, 3.05) is 14.2 Å². The van der Waals surface area contributed by atoms with Crippen molar-refractivity contribution in [1.82, 2.24) is 5.32 Å². The third-order valence-corrected chi connectivity index (χ3v) is 3.93. The molecule has 0 aliphatic carbocycles. The number of carbonyl (C=O) groups is 2. The van der Waals surface area contributed by atoms with Crippen molar-refractivity contribution >= 4 is 12.1 Å². The van der Waals surface area contributed by atoms with E-state index in [1.54, 1.807) is 59.7 Å². The van der Waals surface area contributed by atoms with Gasteiger partial charge in [0.1, 0.15) is 17.1 Å². The highest BCUT2D eigenvalue weighted by atomic mass is 16.6. The van der Waals surface area contributed by atoms with Gasteiger partial charge in [0.15, 0.2) is 0 Å². The van der Waals surface area contributed by atoms with Gasteiger partial charge < -0.3 is 34.2 Å². The zero-order valence-electron chi connectivity index (χ0n) is 17.7. The van der Waals surface area contributed by atoms with E-state index in [1.165, 1.54) is 14.2 Å². The Morgan fingerprint density at radius 1 is 1.00 bits per heavy atom. The second kappa shape index (κ2) is 9.14. The molecular weight excluding hydrogens is 366 g/mol. The second-order valence-corrected chi connectivity index (χ2v) is 7.88. The van der Waals surface area contributed by atoms with Gasteiger partial charge in [-0.1, -0.05) is 0 Å². The van der Waals surface area contributed by atoms with Crippen molar-refractivity contribution in [2.24, 2.45) is 0 Å². The summed E-state index contributed by atoms with van der Waals surface area (Å²) < 4.78 is 21.6. The maximum Gasteiger partial charge on any atom is 0.408 e. The number of nitrogens with one attached hydrogen (secondary N) is 1. The molecule has 2 atom stereocenters. The average molecular weight is 396 g/mol. The summed E-state index contributed by atoms with van der Waals surface area (Å²) in [6, 6.07) is 3.73. The largest absolute Gasteiger partial charge is 0.548 e. The van der Waals surface area contributed by atoms with Crippen LogP contribution in [0, 0.1) is 0 Å². The lowest BCUT2D eigenvalue weighted by molar-refractivity contribution is -0.311. The first-order chi connectivity index (χ1) is 12.8. The summed E-state index contributed by atoms with van der Waals surface area (Å²) >= 11 is 0. The number of amides is 1. The van der Waals surface area contributed by atoms with Crippen LogP contribution in [0.25, 0.3) is 0 Å². The van der Waals surface area contributed by atoms with Gasteiger partial charge in [-0.15, -0.1) is 0 Å². The Balaban J connectivity index is 2.96. The molecule has 0 radical (unpaired) electrons. The van der Waals surface area contributed by atoms with Gasteiger partial charge in [0.2, 0.25) is 0 Å². The van der Waals surface area contributed by atoms with E-state index < -0.39 is 35.4 Å². The van der Waals surface area contributed by atoms with Crippen LogP contribution in [0.3, 0.4) is 0 Å². The number of carbonyl (C=O) groups excluding carboxylic acids is 2. The number of ether oxygens (including phenoxy) is 4. The molecule has 1 amide bonds. The Hall–Kier alpha value is -2.48. The van der Waals surface area contributed by atoms with Crippen molar-refractivity contribution in [1.29, 1.82) is 0 Å². The molecule has 0 unspecified atom stereocenters. The molecule has 0 aliphatic rings. The van der Waals surface area contributed by atoms with Crippen LogP contribution in [0.5, 0.6) is 11.5 Å². The quantitative estimate of drug-likeness (QED) is 0.716. The molecule has 0 spiro atoms. The molecule has 0 heterocycles. The first-order valence-electron chi connectivity index (χ1n) is 8.91. The minimum atomic E-state index is -1.46. The molecule has 8 nitrogen and oxygen atoms in total. The highest BCUT2D eigenvalue weighted by Crippen LogP contribution is 2.32.